The second-order valence-corrected chi connectivity index (χ2v) is 9.87. The number of sulfone groups is 1. The number of nitrogens with zero attached hydrogens (tertiary/aromatic N) is 1. The molecule has 0 amide bonds. The van der Waals surface area contributed by atoms with Crippen molar-refractivity contribution >= 4 is 38.3 Å². The zero-order valence-electron chi connectivity index (χ0n) is 16.4. The van der Waals surface area contributed by atoms with Crippen LogP contribution in [-0.2, 0) is 9.84 Å². The fourth-order valence-electron chi connectivity index (χ4n) is 2.81. The number of halogens is 2. The van der Waals surface area contributed by atoms with Crippen molar-refractivity contribution in [2.75, 3.05) is 6.26 Å². The molecule has 30 heavy (non-hydrogen) atoms. The lowest BCUT2D eigenvalue weighted by Crippen LogP contribution is -1.96. The van der Waals surface area contributed by atoms with Gasteiger partial charge in [-0.25, -0.2) is 17.8 Å². The normalized spacial score (nSPS) is 12.8. The molecule has 0 aliphatic carbocycles. The Morgan fingerprint density at radius 1 is 1.10 bits per heavy atom. The van der Waals surface area contributed by atoms with Crippen molar-refractivity contribution in [3.63, 3.8) is 0 Å². The Morgan fingerprint density at radius 2 is 1.70 bits per heavy atom. The van der Waals surface area contributed by atoms with Crippen molar-refractivity contribution in [3.05, 3.63) is 89.2 Å². The molecule has 0 N–H and O–H groups in total. The monoisotopic (exact) mass is 459 g/mol. The Labute approximate surface area is 184 Å². The maximum atomic E-state index is 13.4. The van der Waals surface area contributed by atoms with E-state index >= 15 is 0 Å². The van der Waals surface area contributed by atoms with Gasteiger partial charge in [0.1, 0.15) is 10.8 Å². The SMILES string of the molecule is C=C/C=C(\C(Cl)=C/C)c1nc(-c2ccc(F)cc2)c(-c2ccc(S(C)(=O)=O)cc2)s1. The lowest BCUT2D eigenvalue weighted by atomic mass is 10.1. The second kappa shape index (κ2) is 9.08. The van der Waals surface area contributed by atoms with Gasteiger partial charge in [-0.15, -0.1) is 11.3 Å². The summed E-state index contributed by atoms with van der Waals surface area (Å²) in [6.45, 7) is 5.58. The van der Waals surface area contributed by atoms with E-state index in [4.69, 9.17) is 16.6 Å². The van der Waals surface area contributed by atoms with Crippen molar-refractivity contribution in [1.82, 2.24) is 4.98 Å². The molecule has 0 saturated heterocycles. The maximum Gasteiger partial charge on any atom is 0.175 e. The van der Waals surface area contributed by atoms with Crippen LogP contribution in [0.15, 0.2) is 83.3 Å². The predicted octanol–water partition coefficient (Wildman–Crippen LogP) is 6.73. The molecule has 1 heterocycles. The summed E-state index contributed by atoms with van der Waals surface area (Å²) in [6.07, 6.45) is 6.37. The van der Waals surface area contributed by atoms with E-state index in [-0.39, 0.29) is 10.7 Å². The van der Waals surface area contributed by atoms with Crippen molar-refractivity contribution in [1.29, 1.82) is 0 Å². The fraction of sp³-hybridized carbons (Fsp3) is 0.0870. The van der Waals surface area contributed by atoms with Gasteiger partial charge in [-0.1, -0.05) is 48.5 Å². The summed E-state index contributed by atoms with van der Waals surface area (Å²) in [5.74, 6) is -0.336. The maximum absolute atomic E-state index is 13.4. The van der Waals surface area contributed by atoms with Gasteiger partial charge in [0.2, 0.25) is 0 Å². The van der Waals surface area contributed by atoms with Gasteiger partial charge in [0.15, 0.2) is 9.84 Å². The molecular formula is C23H19ClFNO2S2. The number of hydrogen-bond acceptors (Lipinski definition) is 4. The number of rotatable bonds is 6. The highest BCUT2D eigenvalue weighted by Crippen LogP contribution is 2.41. The van der Waals surface area contributed by atoms with Crippen molar-refractivity contribution in [2.24, 2.45) is 0 Å². The first-order valence-corrected chi connectivity index (χ1v) is 12.1. The van der Waals surface area contributed by atoms with Crippen LogP contribution in [0.5, 0.6) is 0 Å². The molecule has 154 valence electrons. The molecule has 0 aliphatic rings. The Bertz CT molecular complexity index is 1240. The fourth-order valence-corrected chi connectivity index (χ4v) is 4.79. The largest absolute Gasteiger partial charge is 0.235 e. The van der Waals surface area contributed by atoms with Gasteiger partial charge in [0, 0.05) is 22.4 Å². The minimum Gasteiger partial charge on any atom is -0.235 e. The first-order valence-electron chi connectivity index (χ1n) is 8.97. The average molecular weight is 460 g/mol. The number of hydrogen-bond donors (Lipinski definition) is 0. The first kappa shape index (κ1) is 22.2. The van der Waals surface area contributed by atoms with E-state index in [0.717, 1.165) is 21.6 Å². The number of thiazole rings is 1. The second-order valence-electron chi connectivity index (χ2n) is 6.45. The standard InChI is InChI=1S/C23H19ClFNO2S2/c1-4-6-19(20(24)5-2)23-26-21(15-7-11-17(25)12-8-15)22(29-23)16-9-13-18(14-10-16)30(3,27)28/h4-14H,1H2,2-3H3/b19-6+,20-5+. The van der Waals surface area contributed by atoms with Gasteiger partial charge in [0.25, 0.3) is 0 Å². The molecule has 0 saturated carbocycles. The highest BCUT2D eigenvalue weighted by molar-refractivity contribution is 7.90. The third-order valence-electron chi connectivity index (χ3n) is 4.32. The van der Waals surface area contributed by atoms with Crippen LogP contribution >= 0.6 is 22.9 Å². The smallest absolute Gasteiger partial charge is 0.175 e. The molecule has 0 bridgehead atoms. The molecule has 7 heteroatoms. The average Bonchev–Trinajstić information content (AvgIpc) is 3.16. The van der Waals surface area contributed by atoms with E-state index in [1.54, 1.807) is 54.6 Å². The molecule has 0 aliphatic heterocycles. The van der Waals surface area contributed by atoms with Crippen LogP contribution < -0.4 is 0 Å². The predicted molar refractivity (Wildman–Crippen MR) is 124 cm³/mol. The zero-order chi connectivity index (χ0) is 21.9. The van der Waals surface area contributed by atoms with Crippen LogP contribution in [0.25, 0.3) is 27.3 Å². The van der Waals surface area contributed by atoms with E-state index in [2.05, 4.69) is 6.58 Å². The van der Waals surface area contributed by atoms with E-state index in [0.29, 0.717) is 15.7 Å². The van der Waals surface area contributed by atoms with Crippen LogP contribution in [-0.4, -0.2) is 19.7 Å². The van der Waals surface area contributed by atoms with E-state index in [1.807, 2.05) is 6.92 Å². The zero-order valence-corrected chi connectivity index (χ0v) is 18.8. The Kier molecular flexibility index (Phi) is 6.71. The number of benzene rings is 2. The minimum atomic E-state index is -3.30. The Morgan fingerprint density at radius 3 is 2.23 bits per heavy atom. The molecule has 0 fully saturated rings. The van der Waals surface area contributed by atoms with Crippen LogP contribution in [0.3, 0.4) is 0 Å². The first-order chi connectivity index (χ1) is 14.2. The van der Waals surface area contributed by atoms with Gasteiger partial charge in [-0.3, -0.25) is 0 Å². The summed E-state index contributed by atoms with van der Waals surface area (Å²) >= 11 is 7.81. The Hall–Kier alpha value is -2.54. The van der Waals surface area contributed by atoms with Crippen LogP contribution in [0.2, 0.25) is 0 Å². The lowest BCUT2D eigenvalue weighted by molar-refractivity contribution is 0.602. The Balaban J connectivity index is 2.22. The van der Waals surface area contributed by atoms with Crippen molar-refractivity contribution in [2.45, 2.75) is 11.8 Å². The molecule has 0 spiro atoms. The number of aromatic nitrogens is 1. The van der Waals surface area contributed by atoms with Gasteiger partial charge in [0.05, 0.1) is 15.5 Å². The third-order valence-corrected chi connectivity index (χ3v) is 7.00. The van der Waals surface area contributed by atoms with Gasteiger partial charge < -0.3 is 0 Å². The molecule has 0 atom stereocenters. The summed E-state index contributed by atoms with van der Waals surface area (Å²) in [4.78, 5) is 5.85. The topological polar surface area (TPSA) is 47.0 Å². The van der Waals surface area contributed by atoms with Gasteiger partial charge >= 0.3 is 0 Å². The van der Waals surface area contributed by atoms with E-state index < -0.39 is 9.84 Å². The summed E-state index contributed by atoms with van der Waals surface area (Å²) < 4.78 is 37.0. The third kappa shape index (κ3) is 4.78. The highest BCUT2D eigenvalue weighted by atomic mass is 35.5. The molecule has 3 aromatic rings. The molecular weight excluding hydrogens is 441 g/mol. The highest BCUT2D eigenvalue weighted by Gasteiger charge is 2.19. The number of allylic oxidation sites excluding steroid dienone is 5. The molecule has 0 radical (unpaired) electrons. The van der Waals surface area contributed by atoms with E-state index in [9.17, 15) is 12.8 Å². The molecule has 2 aromatic carbocycles. The van der Waals surface area contributed by atoms with Gasteiger partial charge in [-0.05, 0) is 48.9 Å². The minimum absolute atomic E-state index is 0.239. The molecule has 0 unspecified atom stereocenters. The summed E-state index contributed by atoms with van der Waals surface area (Å²) in [5, 5.41) is 1.22. The summed E-state index contributed by atoms with van der Waals surface area (Å²) in [7, 11) is -3.30. The van der Waals surface area contributed by atoms with Crippen LogP contribution in [0.1, 0.15) is 11.9 Å². The van der Waals surface area contributed by atoms with E-state index in [1.165, 1.54) is 29.7 Å². The van der Waals surface area contributed by atoms with Crippen LogP contribution in [0, 0.1) is 5.82 Å². The molecule has 3 nitrogen and oxygen atoms in total. The van der Waals surface area contributed by atoms with Gasteiger partial charge in [-0.2, -0.15) is 0 Å². The van der Waals surface area contributed by atoms with Crippen molar-refractivity contribution < 1.29 is 12.8 Å². The summed E-state index contributed by atoms with van der Waals surface area (Å²) in [6, 6.07) is 12.7. The molecule has 3 rings (SSSR count). The quantitative estimate of drug-likeness (QED) is 0.384. The lowest BCUT2D eigenvalue weighted by Gasteiger charge is -2.04. The van der Waals surface area contributed by atoms with Crippen LogP contribution in [0.4, 0.5) is 4.39 Å². The summed E-state index contributed by atoms with van der Waals surface area (Å²) in [5.41, 5.74) is 2.94. The van der Waals surface area contributed by atoms with Crippen molar-refractivity contribution in [3.8, 4) is 21.7 Å². The molecule has 1 aromatic heterocycles.